The summed E-state index contributed by atoms with van der Waals surface area (Å²) in [5, 5.41) is 3.45. The molecule has 1 atom stereocenters. The van der Waals surface area contributed by atoms with E-state index in [0.717, 1.165) is 5.75 Å². The van der Waals surface area contributed by atoms with Gasteiger partial charge in [0.15, 0.2) is 5.16 Å². The minimum atomic E-state index is -0.484. The van der Waals surface area contributed by atoms with Gasteiger partial charge in [-0.1, -0.05) is 42.1 Å². The van der Waals surface area contributed by atoms with E-state index in [9.17, 15) is 9.59 Å². The number of ether oxygens (including phenoxy) is 2. The fraction of sp³-hybridized carbons (Fsp3) is 0.192. The first-order chi connectivity index (χ1) is 16.5. The number of hydrogen-bond donors (Lipinski definition) is 1. The first kappa shape index (κ1) is 23.5. The summed E-state index contributed by atoms with van der Waals surface area (Å²) in [4.78, 5) is 30.5. The number of aromatic nitrogens is 2. The number of benzene rings is 3. The first-order valence-electron chi connectivity index (χ1n) is 10.8. The van der Waals surface area contributed by atoms with Gasteiger partial charge in [0, 0.05) is 12.8 Å². The lowest BCUT2D eigenvalue weighted by atomic mass is 10.2. The molecule has 0 bridgehead atoms. The highest BCUT2D eigenvalue weighted by molar-refractivity contribution is 8.00. The predicted molar refractivity (Wildman–Crippen MR) is 135 cm³/mol. The van der Waals surface area contributed by atoms with Gasteiger partial charge in [-0.2, -0.15) is 0 Å². The van der Waals surface area contributed by atoms with Crippen molar-refractivity contribution in [1.82, 2.24) is 9.55 Å². The van der Waals surface area contributed by atoms with Crippen LogP contribution in [-0.4, -0.2) is 34.4 Å². The number of fused-ring (bicyclic) bond motifs is 1. The molecule has 1 N–H and O–H groups in total. The number of rotatable bonds is 9. The molecular weight excluding hydrogens is 450 g/mol. The van der Waals surface area contributed by atoms with E-state index >= 15 is 0 Å². The third-order valence-electron chi connectivity index (χ3n) is 5.10. The molecule has 0 saturated carbocycles. The Morgan fingerprint density at radius 1 is 1.00 bits per heavy atom. The summed E-state index contributed by atoms with van der Waals surface area (Å²) >= 11 is 1.24. The van der Waals surface area contributed by atoms with Crippen molar-refractivity contribution in [3.8, 4) is 11.5 Å². The van der Waals surface area contributed by atoms with Crippen molar-refractivity contribution in [2.24, 2.45) is 0 Å². The molecule has 1 unspecified atom stereocenters. The van der Waals surface area contributed by atoms with Crippen LogP contribution < -0.4 is 15.6 Å². The number of carbonyl (C=O) groups excluding carboxylic acids is 1. The zero-order valence-electron chi connectivity index (χ0n) is 18.9. The lowest BCUT2D eigenvalue weighted by Gasteiger charge is -2.16. The lowest BCUT2D eigenvalue weighted by molar-refractivity contribution is -0.115. The van der Waals surface area contributed by atoms with Crippen molar-refractivity contribution in [2.75, 3.05) is 19.0 Å². The zero-order chi connectivity index (χ0) is 23.9. The molecule has 0 fully saturated rings. The van der Waals surface area contributed by atoms with Crippen LogP contribution >= 0.6 is 11.8 Å². The number of thioether (sulfide) groups is 1. The van der Waals surface area contributed by atoms with Gasteiger partial charge in [0.2, 0.25) is 5.91 Å². The molecule has 0 spiro atoms. The van der Waals surface area contributed by atoms with Crippen molar-refractivity contribution >= 4 is 34.3 Å². The van der Waals surface area contributed by atoms with E-state index in [1.165, 1.54) is 11.8 Å². The van der Waals surface area contributed by atoms with Gasteiger partial charge in [-0.25, -0.2) is 4.98 Å². The van der Waals surface area contributed by atoms with E-state index < -0.39 is 5.25 Å². The number of nitrogens with zero attached hydrogens (tertiary/aromatic N) is 2. The molecule has 0 radical (unpaired) electrons. The van der Waals surface area contributed by atoms with Crippen LogP contribution in [0, 0.1) is 0 Å². The fourth-order valence-corrected chi connectivity index (χ4v) is 4.24. The Kier molecular flexibility index (Phi) is 7.61. The van der Waals surface area contributed by atoms with Gasteiger partial charge in [-0.05, 0) is 55.5 Å². The topological polar surface area (TPSA) is 82.4 Å². The molecule has 0 aliphatic carbocycles. The second-order valence-corrected chi connectivity index (χ2v) is 8.86. The molecule has 3 aromatic carbocycles. The molecule has 0 aliphatic rings. The smallest absolute Gasteiger partial charge is 0.262 e. The van der Waals surface area contributed by atoms with E-state index in [2.05, 4.69) is 10.3 Å². The number of para-hydroxylation sites is 2. The Labute approximate surface area is 201 Å². The summed E-state index contributed by atoms with van der Waals surface area (Å²) in [5.74, 6) is 1.23. The molecule has 1 amide bonds. The Hall–Kier alpha value is -3.62. The summed E-state index contributed by atoms with van der Waals surface area (Å²) in [7, 11) is 1.58. The SMILES string of the molecule is COCCn1c(SC(C)C(=O)Nc2ccc(Oc3ccccc3)cc2)nc2ccccc2c1=O. The number of nitrogens with one attached hydrogen (secondary N) is 1. The van der Waals surface area contributed by atoms with Gasteiger partial charge in [0.25, 0.3) is 5.56 Å². The largest absolute Gasteiger partial charge is 0.457 e. The van der Waals surface area contributed by atoms with E-state index in [1.54, 1.807) is 55.0 Å². The van der Waals surface area contributed by atoms with Gasteiger partial charge in [0.1, 0.15) is 11.5 Å². The molecule has 34 heavy (non-hydrogen) atoms. The van der Waals surface area contributed by atoms with Crippen LogP contribution in [0.4, 0.5) is 5.69 Å². The van der Waals surface area contributed by atoms with E-state index in [4.69, 9.17) is 9.47 Å². The normalized spacial score (nSPS) is 11.8. The van der Waals surface area contributed by atoms with E-state index in [1.807, 2.05) is 42.5 Å². The van der Waals surface area contributed by atoms with E-state index in [0.29, 0.717) is 40.6 Å². The van der Waals surface area contributed by atoms with Gasteiger partial charge in [-0.15, -0.1) is 0 Å². The highest BCUT2D eigenvalue weighted by Gasteiger charge is 2.19. The average Bonchev–Trinajstić information content (AvgIpc) is 2.85. The Balaban J connectivity index is 1.46. The van der Waals surface area contributed by atoms with Gasteiger partial charge < -0.3 is 14.8 Å². The fourth-order valence-electron chi connectivity index (χ4n) is 3.30. The Bertz CT molecular complexity index is 1320. The maximum absolute atomic E-state index is 13.0. The van der Waals surface area contributed by atoms with E-state index in [-0.39, 0.29) is 11.5 Å². The second-order valence-electron chi connectivity index (χ2n) is 7.55. The highest BCUT2D eigenvalue weighted by atomic mass is 32.2. The molecule has 4 rings (SSSR count). The molecule has 0 saturated heterocycles. The third kappa shape index (κ3) is 5.65. The number of methoxy groups -OCH3 is 1. The van der Waals surface area contributed by atoms with Crippen LogP contribution in [0.5, 0.6) is 11.5 Å². The van der Waals surface area contributed by atoms with Crippen LogP contribution in [0.25, 0.3) is 10.9 Å². The molecule has 0 aliphatic heterocycles. The average molecular weight is 476 g/mol. The molecule has 1 heterocycles. The molecule has 7 nitrogen and oxygen atoms in total. The second kappa shape index (κ2) is 11.0. The molecular formula is C26H25N3O4S. The van der Waals surface area contributed by atoms with Crippen molar-refractivity contribution < 1.29 is 14.3 Å². The van der Waals surface area contributed by atoms with Crippen LogP contribution in [0.1, 0.15) is 6.92 Å². The summed E-state index contributed by atoms with van der Waals surface area (Å²) in [6.07, 6.45) is 0. The zero-order valence-corrected chi connectivity index (χ0v) is 19.7. The van der Waals surface area contributed by atoms with Crippen LogP contribution in [0.15, 0.2) is 88.8 Å². The Morgan fingerprint density at radius 3 is 2.41 bits per heavy atom. The number of amides is 1. The molecule has 8 heteroatoms. The maximum atomic E-state index is 13.0. The maximum Gasteiger partial charge on any atom is 0.262 e. The monoisotopic (exact) mass is 475 g/mol. The van der Waals surface area contributed by atoms with Crippen molar-refractivity contribution in [1.29, 1.82) is 0 Å². The summed E-state index contributed by atoms with van der Waals surface area (Å²) in [6, 6.07) is 23.9. The van der Waals surface area contributed by atoms with Crippen molar-refractivity contribution in [3.63, 3.8) is 0 Å². The van der Waals surface area contributed by atoms with Crippen LogP contribution in [0.2, 0.25) is 0 Å². The van der Waals surface area contributed by atoms with Crippen molar-refractivity contribution in [2.45, 2.75) is 23.9 Å². The minimum Gasteiger partial charge on any atom is -0.457 e. The van der Waals surface area contributed by atoms with Gasteiger partial charge in [0.05, 0.1) is 29.3 Å². The predicted octanol–water partition coefficient (Wildman–Crippen LogP) is 4.95. The third-order valence-corrected chi connectivity index (χ3v) is 6.19. The molecule has 4 aromatic rings. The summed E-state index contributed by atoms with van der Waals surface area (Å²) < 4.78 is 12.5. The quantitative estimate of drug-likeness (QED) is 0.272. The number of anilines is 1. The highest BCUT2D eigenvalue weighted by Crippen LogP contribution is 2.25. The summed E-state index contributed by atoms with van der Waals surface area (Å²) in [5.41, 5.74) is 1.11. The lowest BCUT2D eigenvalue weighted by Crippen LogP contribution is -2.28. The Morgan fingerprint density at radius 2 is 1.68 bits per heavy atom. The van der Waals surface area contributed by atoms with Gasteiger partial charge >= 0.3 is 0 Å². The van der Waals surface area contributed by atoms with Crippen LogP contribution in [-0.2, 0) is 16.1 Å². The molecule has 174 valence electrons. The minimum absolute atomic E-state index is 0.147. The first-order valence-corrected chi connectivity index (χ1v) is 11.7. The van der Waals surface area contributed by atoms with Gasteiger partial charge in [-0.3, -0.25) is 14.2 Å². The number of carbonyl (C=O) groups is 1. The summed E-state index contributed by atoms with van der Waals surface area (Å²) in [6.45, 7) is 2.51. The molecule has 1 aromatic heterocycles. The standard InChI is InChI=1S/C26H25N3O4S/c1-18(24(30)27-19-12-14-21(15-13-19)33-20-8-4-3-5-9-20)34-26-28-23-11-7-6-10-22(23)25(31)29(26)16-17-32-2/h3-15,18H,16-17H2,1-2H3,(H,27,30). The number of hydrogen-bond acceptors (Lipinski definition) is 6. The van der Waals surface area contributed by atoms with Crippen LogP contribution in [0.3, 0.4) is 0 Å². The van der Waals surface area contributed by atoms with Crippen molar-refractivity contribution in [3.05, 3.63) is 89.2 Å².